The average molecular weight is 587 g/mol. The Labute approximate surface area is 260 Å². The maximum Gasteiger partial charge on any atom is 0.306 e. The minimum absolute atomic E-state index is 0.0481. The fraction of sp³-hybridized carbons (Fsp3) is 0.763. The van der Waals surface area contributed by atoms with Crippen molar-refractivity contribution in [1.29, 1.82) is 0 Å². The highest BCUT2D eigenvalue weighted by Crippen LogP contribution is 2.23. The number of rotatable bonds is 30. The van der Waals surface area contributed by atoms with Crippen LogP contribution in [0.3, 0.4) is 0 Å². The average Bonchev–Trinajstić information content (AvgIpc) is 3.01. The van der Waals surface area contributed by atoms with Gasteiger partial charge in [-0.1, -0.05) is 147 Å². The summed E-state index contributed by atoms with van der Waals surface area (Å²) >= 11 is 0. The Morgan fingerprint density at radius 2 is 1.26 bits per heavy atom. The van der Waals surface area contributed by atoms with Gasteiger partial charge >= 0.3 is 5.97 Å². The number of ether oxygens (including phenoxy) is 3. The van der Waals surface area contributed by atoms with E-state index < -0.39 is 0 Å². The Morgan fingerprint density at radius 3 is 1.88 bits per heavy atom. The highest BCUT2D eigenvalue weighted by molar-refractivity contribution is 5.69. The molecule has 0 radical (unpaired) electrons. The SMILES string of the molecule is CCCCCC/C=C\COC(=O)CCCCCCCCC(CCCCCCCCC)CCOCc1ccc(OC)cc1. The molecule has 4 nitrogen and oxygen atoms in total. The predicted octanol–water partition coefficient (Wildman–Crippen LogP) is 11.5. The smallest absolute Gasteiger partial charge is 0.306 e. The minimum atomic E-state index is -0.0481. The second kappa shape index (κ2) is 29.3. The van der Waals surface area contributed by atoms with Crippen LogP contribution >= 0.6 is 0 Å². The molecule has 0 saturated heterocycles. The molecule has 1 aromatic carbocycles. The van der Waals surface area contributed by atoms with E-state index in [9.17, 15) is 4.79 Å². The van der Waals surface area contributed by atoms with E-state index in [-0.39, 0.29) is 5.97 Å². The normalized spacial score (nSPS) is 12.2. The summed E-state index contributed by atoms with van der Waals surface area (Å²) < 4.78 is 16.7. The van der Waals surface area contributed by atoms with Gasteiger partial charge in [0.1, 0.15) is 12.4 Å². The molecular formula is C38H66O4. The Balaban J connectivity index is 2.14. The van der Waals surface area contributed by atoms with E-state index in [4.69, 9.17) is 14.2 Å². The van der Waals surface area contributed by atoms with E-state index in [1.807, 2.05) is 18.2 Å². The topological polar surface area (TPSA) is 44.8 Å². The van der Waals surface area contributed by atoms with E-state index >= 15 is 0 Å². The predicted molar refractivity (Wildman–Crippen MR) is 179 cm³/mol. The Morgan fingerprint density at radius 1 is 0.690 bits per heavy atom. The zero-order valence-electron chi connectivity index (χ0n) is 27.9. The van der Waals surface area contributed by atoms with Gasteiger partial charge in [-0.3, -0.25) is 4.79 Å². The second-order valence-electron chi connectivity index (χ2n) is 12.1. The summed E-state index contributed by atoms with van der Waals surface area (Å²) in [5, 5.41) is 0. The number of hydrogen-bond donors (Lipinski definition) is 0. The molecule has 0 aliphatic rings. The number of methoxy groups -OCH3 is 1. The molecule has 1 rings (SSSR count). The number of carbonyl (C=O) groups is 1. The van der Waals surface area contributed by atoms with Crippen LogP contribution in [0.5, 0.6) is 5.75 Å². The molecule has 242 valence electrons. The number of allylic oxidation sites excluding steroid dienone is 1. The Hall–Kier alpha value is -1.81. The summed E-state index contributed by atoms with van der Waals surface area (Å²) in [6.45, 7) is 6.47. The van der Waals surface area contributed by atoms with Crippen molar-refractivity contribution in [1.82, 2.24) is 0 Å². The van der Waals surface area contributed by atoms with E-state index in [0.29, 0.717) is 19.6 Å². The molecule has 0 amide bonds. The van der Waals surface area contributed by atoms with Crippen molar-refractivity contribution < 1.29 is 19.0 Å². The van der Waals surface area contributed by atoms with Crippen molar-refractivity contribution in [2.75, 3.05) is 20.3 Å². The van der Waals surface area contributed by atoms with Gasteiger partial charge in [-0.2, -0.15) is 0 Å². The monoisotopic (exact) mass is 586 g/mol. The maximum atomic E-state index is 11.9. The summed E-state index contributed by atoms with van der Waals surface area (Å²) in [7, 11) is 1.70. The first-order valence-electron chi connectivity index (χ1n) is 17.7. The molecule has 0 spiro atoms. The van der Waals surface area contributed by atoms with Gasteiger partial charge in [0, 0.05) is 13.0 Å². The molecule has 1 unspecified atom stereocenters. The van der Waals surface area contributed by atoms with Crippen molar-refractivity contribution in [2.24, 2.45) is 5.92 Å². The molecule has 0 aromatic heterocycles. The number of esters is 1. The van der Waals surface area contributed by atoms with Crippen LogP contribution in [0, 0.1) is 5.92 Å². The van der Waals surface area contributed by atoms with Crippen LogP contribution in [0.2, 0.25) is 0 Å². The quantitative estimate of drug-likeness (QED) is 0.0511. The molecule has 0 fully saturated rings. The number of carbonyl (C=O) groups excluding carboxylic acids is 1. The maximum absolute atomic E-state index is 11.9. The van der Waals surface area contributed by atoms with Gasteiger partial charge in [-0.15, -0.1) is 0 Å². The third kappa shape index (κ3) is 23.7. The highest BCUT2D eigenvalue weighted by atomic mass is 16.5. The highest BCUT2D eigenvalue weighted by Gasteiger charge is 2.09. The lowest BCUT2D eigenvalue weighted by Gasteiger charge is -2.17. The van der Waals surface area contributed by atoms with Crippen LogP contribution in [-0.4, -0.2) is 26.3 Å². The summed E-state index contributed by atoms with van der Waals surface area (Å²) in [5.74, 6) is 1.62. The molecular weight excluding hydrogens is 520 g/mol. The number of benzene rings is 1. The minimum Gasteiger partial charge on any atom is -0.497 e. The molecule has 0 heterocycles. The fourth-order valence-corrected chi connectivity index (χ4v) is 5.48. The standard InChI is InChI=1S/C38H66O4/c1-4-6-8-10-12-16-20-24-35(31-33-41-34-36-27-29-37(40-3)30-28-36)25-21-17-13-14-18-22-26-38(39)42-32-23-19-15-11-9-7-5-2/h19,23,27-30,35H,4-18,20-22,24-26,31-34H2,1-3H3/b23-19-. The number of hydrogen-bond acceptors (Lipinski definition) is 4. The van der Waals surface area contributed by atoms with Gasteiger partial charge in [0.25, 0.3) is 0 Å². The summed E-state index contributed by atoms with van der Waals surface area (Å²) in [6.07, 6.45) is 31.6. The van der Waals surface area contributed by atoms with Crippen molar-refractivity contribution in [3.8, 4) is 5.75 Å². The van der Waals surface area contributed by atoms with Crippen LogP contribution in [0.25, 0.3) is 0 Å². The summed E-state index contributed by atoms with van der Waals surface area (Å²) in [5.41, 5.74) is 1.21. The van der Waals surface area contributed by atoms with E-state index in [2.05, 4.69) is 32.1 Å². The molecule has 42 heavy (non-hydrogen) atoms. The molecule has 1 atom stereocenters. The van der Waals surface area contributed by atoms with Crippen molar-refractivity contribution in [2.45, 2.75) is 162 Å². The first kappa shape index (κ1) is 38.2. The molecule has 0 aliphatic carbocycles. The van der Waals surface area contributed by atoms with E-state index in [0.717, 1.165) is 37.5 Å². The van der Waals surface area contributed by atoms with Crippen molar-refractivity contribution >= 4 is 5.97 Å². The van der Waals surface area contributed by atoms with Gasteiger partial charge < -0.3 is 14.2 Å². The van der Waals surface area contributed by atoms with Crippen molar-refractivity contribution in [3.05, 3.63) is 42.0 Å². The lowest BCUT2D eigenvalue weighted by atomic mass is 9.91. The zero-order chi connectivity index (χ0) is 30.4. The van der Waals surface area contributed by atoms with E-state index in [1.54, 1.807) is 7.11 Å². The molecule has 0 saturated carbocycles. The third-order valence-corrected chi connectivity index (χ3v) is 8.29. The van der Waals surface area contributed by atoms with Gasteiger partial charge in [-0.25, -0.2) is 0 Å². The molecule has 0 bridgehead atoms. The van der Waals surface area contributed by atoms with Crippen LogP contribution in [0.15, 0.2) is 36.4 Å². The van der Waals surface area contributed by atoms with Crippen LogP contribution < -0.4 is 4.74 Å². The van der Waals surface area contributed by atoms with Gasteiger partial charge in [0.2, 0.25) is 0 Å². The number of unbranched alkanes of at least 4 members (excludes halogenated alkanes) is 15. The van der Waals surface area contributed by atoms with Crippen LogP contribution in [-0.2, 0) is 20.9 Å². The lowest BCUT2D eigenvalue weighted by molar-refractivity contribution is -0.142. The van der Waals surface area contributed by atoms with Gasteiger partial charge in [-0.05, 0) is 49.3 Å². The molecule has 0 N–H and O–H groups in total. The van der Waals surface area contributed by atoms with Crippen LogP contribution in [0.1, 0.15) is 161 Å². The zero-order valence-corrected chi connectivity index (χ0v) is 27.9. The summed E-state index contributed by atoms with van der Waals surface area (Å²) in [6, 6.07) is 8.19. The van der Waals surface area contributed by atoms with E-state index in [1.165, 1.54) is 121 Å². The molecule has 4 heteroatoms. The first-order chi connectivity index (χ1) is 20.7. The second-order valence-corrected chi connectivity index (χ2v) is 12.1. The molecule has 1 aromatic rings. The molecule has 0 aliphatic heterocycles. The largest absolute Gasteiger partial charge is 0.497 e. The van der Waals surface area contributed by atoms with Crippen molar-refractivity contribution in [3.63, 3.8) is 0 Å². The lowest BCUT2D eigenvalue weighted by Crippen LogP contribution is -2.06. The van der Waals surface area contributed by atoms with Gasteiger partial charge in [0.05, 0.1) is 13.7 Å². The Kier molecular flexibility index (Phi) is 26.6. The summed E-state index contributed by atoms with van der Waals surface area (Å²) in [4.78, 5) is 11.9. The Bertz CT molecular complexity index is 742. The third-order valence-electron chi connectivity index (χ3n) is 8.29. The van der Waals surface area contributed by atoms with Gasteiger partial charge in [0.15, 0.2) is 0 Å². The fourth-order valence-electron chi connectivity index (χ4n) is 5.48. The van der Waals surface area contributed by atoms with Crippen LogP contribution in [0.4, 0.5) is 0 Å². The first-order valence-corrected chi connectivity index (χ1v) is 17.7.